The van der Waals surface area contributed by atoms with Gasteiger partial charge >= 0.3 is 0 Å². The fourth-order valence-electron chi connectivity index (χ4n) is 12.2. The molecule has 3 saturated carbocycles. The Morgan fingerprint density at radius 3 is 2.56 bits per heavy atom. The number of fused-ring (bicyclic) bond motifs is 5. The molecule has 6 aliphatic rings. The minimum Gasteiger partial charge on any atom is -0.390 e. The number of aliphatic hydroxyl groups excluding tert-OH is 3. The van der Waals surface area contributed by atoms with Gasteiger partial charge in [0.15, 0.2) is 5.78 Å². The van der Waals surface area contributed by atoms with E-state index in [9.17, 15) is 30.3 Å². The SMILES string of the molecule is CCCCCC[C@H]1CO[C@@H]([C@@H](O)[C@](C)(O)[C@@H]2CC[C@]3(O)C4=CC(=O)[C@H]5C[C@@H](O)[C@@H](O)C[C@]5(CCC5CCC(N)[NH2+]C5)[C@@H]4CC[C@]23C)[C@H]1C. The van der Waals surface area contributed by atoms with Gasteiger partial charge in [0.1, 0.15) is 12.3 Å². The van der Waals surface area contributed by atoms with Crippen LogP contribution in [-0.2, 0) is 9.53 Å². The van der Waals surface area contributed by atoms with Gasteiger partial charge in [0.25, 0.3) is 0 Å². The highest BCUT2D eigenvalue weighted by Crippen LogP contribution is 2.69. The quantitative estimate of drug-likeness (QED) is 0.164. The highest BCUT2D eigenvalue weighted by molar-refractivity contribution is 5.95. The molecule has 274 valence electrons. The van der Waals surface area contributed by atoms with E-state index in [2.05, 4.69) is 26.1 Å². The summed E-state index contributed by atoms with van der Waals surface area (Å²) in [6.45, 7) is 9.70. The zero-order valence-electron chi connectivity index (χ0n) is 30.2. The van der Waals surface area contributed by atoms with Gasteiger partial charge in [0, 0.05) is 23.7 Å². The van der Waals surface area contributed by atoms with Crippen LogP contribution in [0.15, 0.2) is 11.6 Å². The van der Waals surface area contributed by atoms with Gasteiger partial charge < -0.3 is 35.6 Å². The van der Waals surface area contributed by atoms with E-state index in [1.165, 1.54) is 19.3 Å². The predicted molar refractivity (Wildman–Crippen MR) is 183 cm³/mol. The normalized spacial score (nSPS) is 47.9. The first-order valence-corrected chi connectivity index (χ1v) is 19.6. The van der Waals surface area contributed by atoms with Crippen LogP contribution < -0.4 is 11.1 Å². The number of hydrogen-bond donors (Lipinski definition) is 7. The summed E-state index contributed by atoms with van der Waals surface area (Å²) < 4.78 is 6.23. The maximum Gasteiger partial charge on any atom is 0.159 e. The van der Waals surface area contributed by atoms with Crippen molar-refractivity contribution in [2.45, 2.75) is 166 Å². The average molecular weight is 676 g/mol. The molecule has 0 radical (unpaired) electrons. The molecule has 48 heavy (non-hydrogen) atoms. The molecule has 9 N–H and O–H groups in total. The second-order valence-corrected chi connectivity index (χ2v) is 17.9. The maximum atomic E-state index is 14.1. The summed E-state index contributed by atoms with van der Waals surface area (Å²) in [6, 6.07) is 0. The number of hydrogen-bond acceptors (Lipinski definition) is 8. The molecule has 2 heterocycles. The molecule has 5 fully saturated rings. The van der Waals surface area contributed by atoms with E-state index in [0.717, 1.165) is 57.1 Å². The first kappa shape index (κ1) is 36.9. The van der Waals surface area contributed by atoms with Gasteiger partial charge in [-0.2, -0.15) is 0 Å². The van der Waals surface area contributed by atoms with Crippen molar-refractivity contribution in [2.24, 2.45) is 52.1 Å². The Morgan fingerprint density at radius 2 is 1.85 bits per heavy atom. The number of carbonyl (C=O) groups is 1. The van der Waals surface area contributed by atoms with Crippen molar-refractivity contribution in [1.29, 1.82) is 0 Å². The van der Waals surface area contributed by atoms with Crippen LogP contribution in [0.1, 0.15) is 124 Å². The van der Waals surface area contributed by atoms with E-state index >= 15 is 0 Å². The molecule has 2 unspecified atom stereocenters. The fourth-order valence-corrected chi connectivity index (χ4v) is 12.2. The van der Waals surface area contributed by atoms with Gasteiger partial charge in [-0.1, -0.05) is 46.5 Å². The van der Waals surface area contributed by atoms with Gasteiger partial charge in [-0.05, 0) is 112 Å². The van der Waals surface area contributed by atoms with Crippen LogP contribution in [-0.4, -0.2) is 86.3 Å². The molecular weight excluding hydrogens is 608 g/mol. The van der Waals surface area contributed by atoms with Crippen molar-refractivity contribution in [3.05, 3.63) is 11.6 Å². The van der Waals surface area contributed by atoms with Crippen molar-refractivity contribution in [1.82, 2.24) is 0 Å². The van der Waals surface area contributed by atoms with Crippen LogP contribution in [0.4, 0.5) is 0 Å². The van der Waals surface area contributed by atoms with E-state index in [4.69, 9.17) is 10.5 Å². The van der Waals surface area contributed by atoms with E-state index in [-0.39, 0.29) is 36.1 Å². The Bertz CT molecular complexity index is 1190. The minimum atomic E-state index is -1.50. The van der Waals surface area contributed by atoms with Crippen LogP contribution in [0, 0.1) is 46.3 Å². The number of ether oxygens (including phenoxy) is 1. The molecule has 9 nitrogen and oxygen atoms in total. The summed E-state index contributed by atoms with van der Waals surface area (Å²) >= 11 is 0. The molecule has 0 aromatic heterocycles. The smallest absolute Gasteiger partial charge is 0.159 e. The summed E-state index contributed by atoms with van der Waals surface area (Å²) in [4.78, 5) is 14.1. The third kappa shape index (κ3) is 6.08. The van der Waals surface area contributed by atoms with Gasteiger partial charge in [-0.3, -0.25) is 10.5 Å². The third-order valence-electron chi connectivity index (χ3n) is 15.4. The summed E-state index contributed by atoms with van der Waals surface area (Å²) in [5, 5.41) is 61.1. The van der Waals surface area contributed by atoms with Gasteiger partial charge in [-0.15, -0.1) is 0 Å². The van der Waals surface area contributed by atoms with Gasteiger partial charge in [0.05, 0.1) is 42.7 Å². The summed E-state index contributed by atoms with van der Waals surface area (Å²) in [7, 11) is 0. The van der Waals surface area contributed by atoms with Crippen LogP contribution in [0.25, 0.3) is 0 Å². The molecule has 0 bridgehead atoms. The molecular formula is C39H67N2O7+. The first-order valence-electron chi connectivity index (χ1n) is 19.6. The summed E-state index contributed by atoms with van der Waals surface area (Å²) in [5.74, 6) is 0.0538. The molecule has 6 rings (SSSR count). The van der Waals surface area contributed by atoms with E-state index in [1.54, 1.807) is 13.0 Å². The van der Waals surface area contributed by atoms with Gasteiger partial charge in [0.2, 0.25) is 0 Å². The van der Waals surface area contributed by atoms with Crippen molar-refractivity contribution in [3.63, 3.8) is 0 Å². The fraction of sp³-hybridized carbons (Fsp3) is 0.923. The number of ketones is 1. The van der Waals surface area contributed by atoms with Gasteiger partial charge in [-0.25, -0.2) is 0 Å². The van der Waals surface area contributed by atoms with Crippen molar-refractivity contribution >= 4 is 5.78 Å². The second kappa shape index (κ2) is 13.9. The second-order valence-electron chi connectivity index (χ2n) is 17.9. The first-order chi connectivity index (χ1) is 22.7. The number of aliphatic hydroxyl groups is 5. The minimum absolute atomic E-state index is 0.0458. The molecule has 0 aromatic carbocycles. The lowest BCUT2D eigenvalue weighted by Gasteiger charge is -2.62. The molecule has 9 heteroatoms. The molecule has 2 aliphatic heterocycles. The maximum absolute atomic E-state index is 14.1. The Hall–Kier alpha value is -0.910. The van der Waals surface area contributed by atoms with Crippen LogP contribution >= 0.6 is 0 Å². The van der Waals surface area contributed by atoms with Crippen LogP contribution in [0.3, 0.4) is 0 Å². The van der Waals surface area contributed by atoms with Crippen molar-refractivity contribution in [3.8, 4) is 0 Å². The number of unbranched alkanes of at least 4 members (excludes halogenated alkanes) is 3. The molecule has 0 aromatic rings. The Labute approximate surface area is 288 Å². The number of allylic oxidation sites excluding steroid dienone is 1. The highest BCUT2D eigenvalue weighted by Gasteiger charge is 2.70. The zero-order chi connectivity index (χ0) is 34.6. The zero-order valence-corrected chi connectivity index (χ0v) is 30.2. The Balaban J connectivity index is 1.24. The molecule has 15 atom stereocenters. The van der Waals surface area contributed by atoms with E-state index < -0.39 is 52.4 Å². The predicted octanol–water partition coefficient (Wildman–Crippen LogP) is 2.94. The lowest BCUT2D eigenvalue weighted by Crippen LogP contribution is -2.95. The number of carbonyl (C=O) groups excluding carboxylic acids is 1. The molecule has 0 amide bonds. The number of piperidine rings is 1. The van der Waals surface area contributed by atoms with Crippen LogP contribution in [0.2, 0.25) is 0 Å². The number of nitrogens with two attached hydrogens (primary N) is 2. The highest BCUT2D eigenvalue weighted by atomic mass is 16.5. The lowest BCUT2D eigenvalue weighted by atomic mass is 9.44. The number of quaternary nitrogens is 1. The average Bonchev–Trinajstić information content (AvgIpc) is 3.56. The topological polar surface area (TPSA) is 170 Å². The third-order valence-corrected chi connectivity index (χ3v) is 15.4. The van der Waals surface area contributed by atoms with Crippen LogP contribution in [0.5, 0.6) is 0 Å². The van der Waals surface area contributed by atoms with E-state index in [0.29, 0.717) is 44.1 Å². The standard InChI is InChI=1S/C39H66N2O7/c1-5-6-7-8-9-25-22-48-34(23(25)2)35(45)37(4,46)32-14-17-39(47)27-18-29(42)28-19-30(43)31(44)20-38(28,26(27)13-15-36(32,39)3)16-12-24-10-11-33(40)41-21-24/h18,23-26,28,30-35,41,43-47H,5-17,19-22,40H2,1-4H3/p+1/t23-,24?,25-,26+,28+,30+,31-,32+,33?,34+,35+,36+,37+,38+,39-/m0/s1. The van der Waals surface area contributed by atoms with Crippen molar-refractivity contribution in [2.75, 3.05) is 13.2 Å². The molecule has 4 aliphatic carbocycles. The Morgan fingerprint density at radius 1 is 1.08 bits per heavy atom. The molecule has 0 spiro atoms. The van der Waals surface area contributed by atoms with Crippen molar-refractivity contribution < 1.29 is 40.4 Å². The van der Waals surface area contributed by atoms with E-state index in [1.807, 2.05) is 0 Å². The largest absolute Gasteiger partial charge is 0.390 e. The number of rotatable bonds is 11. The monoisotopic (exact) mass is 675 g/mol. The molecule has 2 saturated heterocycles. The Kier molecular flexibility index (Phi) is 10.7. The summed E-state index contributed by atoms with van der Waals surface area (Å²) in [5.41, 5.74) is 2.83. The summed E-state index contributed by atoms with van der Waals surface area (Å²) in [6.07, 6.45) is 10.9. The lowest BCUT2D eigenvalue weighted by molar-refractivity contribution is -0.703.